The van der Waals surface area contributed by atoms with Crippen LogP contribution in [0.1, 0.15) is 82.2 Å². The zero-order valence-electron chi connectivity index (χ0n) is 24.9. The minimum atomic E-state index is -0.650. The Morgan fingerprint density at radius 1 is 0.854 bits per heavy atom. The summed E-state index contributed by atoms with van der Waals surface area (Å²) in [4.78, 5) is 41.7. The molecule has 3 N–H and O–H groups in total. The van der Waals surface area contributed by atoms with Crippen LogP contribution in [0.15, 0.2) is 23.0 Å². The number of aromatic nitrogens is 2. The summed E-state index contributed by atoms with van der Waals surface area (Å²) in [6, 6.07) is 5.93. The molecule has 0 radical (unpaired) electrons. The highest BCUT2D eigenvalue weighted by Crippen LogP contribution is 2.26. The van der Waals surface area contributed by atoms with E-state index in [1.165, 1.54) is 36.7 Å². The molecule has 226 valence electrons. The molecule has 0 spiro atoms. The van der Waals surface area contributed by atoms with Crippen LogP contribution in [0.25, 0.3) is 11.0 Å². The summed E-state index contributed by atoms with van der Waals surface area (Å²) in [5.41, 5.74) is 8.10. The molecular formula is C31H48N6O4. The number of imide groups is 1. The first-order valence-corrected chi connectivity index (χ1v) is 15.6. The molecule has 1 aromatic heterocycles. The number of nitrogens with two attached hydrogens (primary N) is 1. The van der Waals surface area contributed by atoms with Gasteiger partial charge in [0.25, 0.3) is 0 Å². The molecule has 41 heavy (non-hydrogen) atoms. The molecule has 3 saturated heterocycles. The van der Waals surface area contributed by atoms with Gasteiger partial charge in [0.2, 0.25) is 11.8 Å². The average Bonchev–Trinajstić information content (AvgIpc) is 3.21. The van der Waals surface area contributed by atoms with Gasteiger partial charge in [0.1, 0.15) is 6.04 Å². The summed E-state index contributed by atoms with van der Waals surface area (Å²) < 4.78 is 9.53. The molecule has 4 fully saturated rings. The maximum atomic E-state index is 13.0. The molecule has 4 heterocycles. The Balaban J connectivity index is 0.000000423. The topological polar surface area (TPSA) is 115 Å². The number of ether oxygens (including phenoxy) is 1. The molecule has 10 heteroatoms. The standard InChI is InChI=1S/C25H35N5O4.C6H13N/c1-27-11-7-18(8-12-27)34-19-9-13-29(14-10-19)16-17-3-4-20-22(15-17)28(2)25(33)30(20)21-5-6-23(31)26-24(21)32;7-6-4-2-1-3-5-6/h3-4,15,18-19,21H,5-14,16H2,1-2H3,(H,26,31,32);6H,1-5,7H2. The van der Waals surface area contributed by atoms with E-state index in [-0.39, 0.29) is 18.0 Å². The van der Waals surface area contributed by atoms with Gasteiger partial charge in [-0.15, -0.1) is 0 Å². The number of benzene rings is 1. The van der Waals surface area contributed by atoms with Crippen molar-refractivity contribution in [3.63, 3.8) is 0 Å². The van der Waals surface area contributed by atoms with Gasteiger partial charge in [-0.3, -0.25) is 28.9 Å². The number of rotatable bonds is 5. The normalized spacial score (nSPS) is 24.3. The van der Waals surface area contributed by atoms with Crippen molar-refractivity contribution in [2.75, 3.05) is 33.2 Å². The number of piperidine rings is 3. The van der Waals surface area contributed by atoms with Gasteiger partial charge in [0.15, 0.2) is 0 Å². The summed E-state index contributed by atoms with van der Waals surface area (Å²) in [7, 11) is 3.91. The predicted octanol–water partition coefficient (Wildman–Crippen LogP) is 2.67. The lowest BCUT2D eigenvalue weighted by Gasteiger charge is -2.36. The van der Waals surface area contributed by atoms with E-state index in [0.29, 0.717) is 24.7 Å². The number of aryl methyl sites for hydroxylation is 1. The maximum Gasteiger partial charge on any atom is 0.329 e. The fourth-order valence-corrected chi connectivity index (χ4v) is 6.73. The third-order valence-corrected chi connectivity index (χ3v) is 9.32. The highest BCUT2D eigenvalue weighted by atomic mass is 16.5. The van der Waals surface area contributed by atoms with Gasteiger partial charge in [-0.1, -0.05) is 25.3 Å². The minimum absolute atomic E-state index is 0.228. The van der Waals surface area contributed by atoms with Gasteiger partial charge in [0, 0.05) is 52.2 Å². The van der Waals surface area contributed by atoms with Crippen LogP contribution in [0.3, 0.4) is 0 Å². The number of carbonyl (C=O) groups excluding carboxylic acids is 2. The van der Waals surface area contributed by atoms with Crippen molar-refractivity contribution in [3.8, 4) is 0 Å². The number of nitrogens with one attached hydrogen (secondary N) is 1. The third kappa shape index (κ3) is 7.46. The average molecular weight is 569 g/mol. The number of hydrogen-bond acceptors (Lipinski definition) is 7. The fraction of sp³-hybridized carbons (Fsp3) is 0.710. The fourth-order valence-electron chi connectivity index (χ4n) is 6.73. The first-order chi connectivity index (χ1) is 19.8. The first-order valence-electron chi connectivity index (χ1n) is 15.6. The predicted molar refractivity (Wildman–Crippen MR) is 160 cm³/mol. The van der Waals surface area contributed by atoms with E-state index in [1.54, 1.807) is 11.6 Å². The summed E-state index contributed by atoms with van der Waals surface area (Å²) in [5, 5.41) is 2.36. The van der Waals surface area contributed by atoms with E-state index in [4.69, 9.17) is 10.5 Å². The molecule has 6 rings (SSSR count). The van der Waals surface area contributed by atoms with Crippen LogP contribution < -0.4 is 16.7 Å². The van der Waals surface area contributed by atoms with E-state index < -0.39 is 11.9 Å². The van der Waals surface area contributed by atoms with Crippen LogP contribution in [0, 0.1) is 0 Å². The molecule has 2 amide bonds. The SMILES string of the molecule is CN1CCC(OC2CCN(Cc3ccc4c(c3)n(C)c(=O)n4C3CCC(=O)NC3=O)CC2)CC1.NC1CCCCC1. The molecule has 1 unspecified atom stereocenters. The molecule has 1 saturated carbocycles. The molecule has 1 atom stereocenters. The second-order valence-corrected chi connectivity index (χ2v) is 12.5. The lowest BCUT2D eigenvalue weighted by atomic mass is 9.97. The number of fused-ring (bicyclic) bond motifs is 1. The quantitative estimate of drug-likeness (QED) is 0.533. The lowest BCUT2D eigenvalue weighted by Crippen LogP contribution is -2.44. The van der Waals surface area contributed by atoms with E-state index >= 15 is 0 Å². The Morgan fingerprint density at radius 2 is 1.51 bits per heavy atom. The van der Waals surface area contributed by atoms with Gasteiger partial charge >= 0.3 is 5.69 Å². The van der Waals surface area contributed by atoms with Crippen molar-refractivity contribution in [3.05, 3.63) is 34.2 Å². The smallest absolute Gasteiger partial charge is 0.329 e. The van der Waals surface area contributed by atoms with Crippen molar-refractivity contribution in [2.45, 2.75) is 101 Å². The van der Waals surface area contributed by atoms with E-state index in [9.17, 15) is 14.4 Å². The molecular weight excluding hydrogens is 520 g/mol. The molecule has 2 aromatic rings. The number of amides is 2. The largest absolute Gasteiger partial charge is 0.375 e. The summed E-state index contributed by atoms with van der Waals surface area (Å²) in [6.07, 6.45) is 12.4. The van der Waals surface area contributed by atoms with Gasteiger partial charge < -0.3 is 15.4 Å². The number of hydrogen-bond donors (Lipinski definition) is 2. The Morgan fingerprint density at radius 3 is 2.12 bits per heavy atom. The maximum absolute atomic E-state index is 13.0. The number of likely N-dealkylation sites (tertiary alicyclic amines) is 2. The van der Waals surface area contributed by atoms with E-state index in [2.05, 4.69) is 28.2 Å². The highest BCUT2D eigenvalue weighted by Gasteiger charge is 2.31. The van der Waals surface area contributed by atoms with Crippen LogP contribution in [0.2, 0.25) is 0 Å². The van der Waals surface area contributed by atoms with E-state index in [0.717, 1.165) is 75.0 Å². The van der Waals surface area contributed by atoms with Crippen molar-refractivity contribution in [1.82, 2.24) is 24.3 Å². The van der Waals surface area contributed by atoms with Crippen molar-refractivity contribution < 1.29 is 14.3 Å². The first kappa shape index (κ1) is 29.9. The second-order valence-electron chi connectivity index (χ2n) is 12.5. The lowest BCUT2D eigenvalue weighted by molar-refractivity contribution is -0.135. The molecule has 1 aliphatic carbocycles. The summed E-state index contributed by atoms with van der Waals surface area (Å²) in [5.74, 6) is -0.683. The van der Waals surface area contributed by atoms with Crippen molar-refractivity contribution >= 4 is 22.8 Å². The van der Waals surface area contributed by atoms with Crippen LogP contribution in [-0.2, 0) is 27.9 Å². The van der Waals surface area contributed by atoms with Gasteiger partial charge in [-0.25, -0.2) is 4.79 Å². The monoisotopic (exact) mass is 568 g/mol. The minimum Gasteiger partial charge on any atom is -0.375 e. The second kappa shape index (κ2) is 13.6. The zero-order valence-corrected chi connectivity index (χ0v) is 24.9. The molecule has 4 aliphatic rings. The van der Waals surface area contributed by atoms with Gasteiger partial charge in [-0.05, 0) is 69.7 Å². The van der Waals surface area contributed by atoms with Crippen molar-refractivity contribution in [1.29, 1.82) is 0 Å². The van der Waals surface area contributed by atoms with Crippen LogP contribution in [0.4, 0.5) is 0 Å². The summed E-state index contributed by atoms with van der Waals surface area (Å²) >= 11 is 0. The Hall–Kier alpha value is -2.53. The number of nitrogens with zero attached hydrogens (tertiary/aromatic N) is 4. The third-order valence-electron chi connectivity index (χ3n) is 9.32. The van der Waals surface area contributed by atoms with Crippen molar-refractivity contribution in [2.24, 2.45) is 12.8 Å². The molecule has 3 aliphatic heterocycles. The number of imidazole rings is 1. The van der Waals surface area contributed by atoms with Gasteiger partial charge in [-0.2, -0.15) is 0 Å². The Labute approximate surface area is 243 Å². The van der Waals surface area contributed by atoms with Crippen LogP contribution >= 0.6 is 0 Å². The molecule has 10 nitrogen and oxygen atoms in total. The van der Waals surface area contributed by atoms with Crippen LogP contribution in [-0.4, -0.2) is 82.2 Å². The van der Waals surface area contributed by atoms with E-state index in [1.807, 2.05) is 12.1 Å². The summed E-state index contributed by atoms with van der Waals surface area (Å²) in [6.45, 7) is 5.09. The Kier molecular flexibility index (Phi) is 9.95. The molecule has 1 aromatic carbocycles. The zero-order chi connectivity index (χ0) is 28.9. The highest BCUT2D eigenvalue weighted by molar-refractivity contribution is 6.00. The van der Waals surface area contributed by atoms with Crippen LogP contribution in [0.5, 0.6) is 0 Å². The number of carbonyl (C=O) groups is 2. The van der Waals surface area contributed by atoms with Gasteiger partial charge in [0.05, 0.1) is 23.2 Å². The Bertz CT molecular complexity index is 1250. The molecule has 0 bridgehead atoms.